The van der Waals surface area contributed by atoms with Gasteiger partial charge in [-0.05, 0) is 44.5 Å². The minimum absolute atomic E-state index is 0.0133. The van der Waals surface area contributed by atoms with Crippen LogP contribution < -0.4 is 10.6 Å². The molecule has 0 saturated heterocycles. The Morgan fingerprint density at radius 2 is 1.65 bits per heavy atom. The Bertz CT molecular complexity index is 1000. The Morgan fingerprint density at radius 1 is 1.00 bits per heavy atom. The molecule has 2 aromatic carbocycles. The van der Waals surface area contributed by atoms with Gasteiger partial charge in [0.15, 0.2) is 0 Å². The van der Waals surface area contributed by atoms with Crippen LogP contribution in [0.5, 0.6) is 0 Å². The van der Waals surface area contributed by atoms with Crippen LogP contribution in [0.3, 0.4) is 0 Å². The Balaban J connectivity index is 1.82. The molecular formula is C24H29Cl2N3O5. The summed E-state index contributed by atoms with van der Waals surface area (Å²) < 4.78 is 10.4. The number of nitrogens with one attached hydrogen (secondary N) is 2. The maximum absolute atomic E-state index is 12.4. The van der Waals surface area contributed by atoms with Crippen LogP contribution in [0.1, 0.15) is 26.3 Å². The molecule has 0 bridgehead atoms. The highest BCUT2D eigenvalue weighted by Crippen LogP contribution is 2.33. The van der Waals surface area contributed by atoms with E-state index in [1.54, 1.807) is 52.1 Å². The van der Waals surface area contributed by atoms with Crippen LogP contribution in [0, 0.1) is 0 Å². The second-order valence-electron chi connectivity index (χ2n) is 8.45. The number of benzene rings is 2. The molecule has 2 amide bonds. The van der Waals surface area contributed by atoms with Gasteiger partial charge in [-0.2, -0.15) is 0 Å². The number of anilines is 2. The molecule has 0 radical (unpaired) electrons. The number of amides is 2. The van der Waals surface area contributed by atoms with Crippen molar-refractivity contribution in [1.82, 2.24) is 10.2 Å². The van der Waals surface area contributed by atoms with Gasteiger partial charge in [0, 0.05) is 12.7 Å². The average molecular weight is 510 g/mol. The van der Waals surface area contributed by atoms with Crippen molar-refractivity contribution in [1.29, 1.82) is 0 Å². The molecule has 0 spiro atoms. The molecule has 0 aliphatic rings. The number of para-hydroxylation sites is 2. The lowest BCUT2D eigenvalue weighted by atomic mass is 10.1. The van der Waals surface area contributed by atoms with Crippen LogP contribution in [0.4, 0.5) is 16.2 Å². The van der Waals surface area contributed by atoms with Gasteiger partial charge in [-0.15, -0.1) is 0 Å². The van der Waals surface area contributed by atoms with Gasteiger partial charge in [0.1, 0.15) is 18.8 Å². The second-order valence-corrected chi connectivity index (χ2v) is 9.26. The number of nitrogens with zero attached hydrogens (tertiary/aromatic N) is 1. The number of hydrogen-bond acceptors (Lipinski definition) is 6. The van der Waals surface area contributed by atoms with E-state index >= 15 is 0 Å². The number of carbonyl (C=O) groups is 3. The van der Waals surface area contributed by atoms with Crippen molar-refractivity contribution in [2.75, 3.05) is 32.1 Å². The molecule has 2 rings (SSSR count). The highest BCUT2D eigenvalue weighted by atomic mass is 35.5. The zero-order chi connectivity index (χ0) is 25.3. The third-order valence-corrected chi connectivity index (χ3v) is 5.10. The Labute approximate surface area is 209 Å². The fraction of sp³-hybridized carbons (Fsp3) is 0.375. The monoisotopic (exact) mass is 509 g/mol. The third-order valence-electron chi connectivity index (χ3n) is 4.47. The predicted octanol–water partition coefficient (Wildman–Crippen LogP) is 4.81. The molecule has 2 N–H and O–H groups in total. The van der Waals surface area contributed by atoms with Gasteiger partial charge in [0.25, 0.3) is 0 Å². The van der Waals surface area contributed by atoms with Gasteiger partial charge < -0.3 is 25.0 Å². The number of likely N-dealkylation sites (N-methyl/N-ethyl adjacent to an activating group) is 1. The lowest BCUT2D eigenvalue weighted by Gasteiger charge is -2.21. The van der Waals surface area contributed by atoms with E-state index in [-0.39, 0.29) is 32.0 Å². The summed E-state index contributed by atoms with van der Waals surface area (Å²) in [6.07, 6.45) is -0.658. The lowest BCUT2D eigenvalue weighted by molar-refractivity contribution is -0.144. The fourth-order valence-electron chi connectivity index (χ4n) is 2.77. The maximum atomic E-state index is 12.4. The number of esters is 1. The molecule has 0 fully saturated rings. The van der Waals surface area contributed by atoms with E-state index in [0.717, 1.165) is 0 Å². The van der Waals surface area contributed by atoms with E-state index in [1.165, 1.54) is 4.90 Å². The fourth-order valence-corrected chi connectivity index (χ4v) is 3.26. The zero-order valence-electron chi connectivity index (χ0n) is 19.6. The Hall–Kier alpha value is -2.97. The lowest BCUT2D eigenvalue weighted by Crippen LogP contribution is -2.41. The summed E-state index contributed by atoms with van der Waals surface area (Å²) in [5, 5.41) is 6.49. The van der Waals surface area contributed by atoms with Crippen molar-refractivity contribution in [3.63, 3.8) is 0 Å². The summed E-state index contributed by atoms with van der Waals surface area (Å²) in [4.78, 5) is 37.5. The van der Waals surface area contributed by atoms with Crippen LogP contribution in [0.2, 0.25) is 10.0 Å². The van der Waals surface area contributed by atoms with Crippen molar-refractivity contribution >= 4 is 52.5 Å². The van der Waals surface area contributed by atoms with Crippen LogP contribution in [-0.2, 0) is 25.5 Å². The minimum Gasteiger partial charge on any atom is -0.464 e. The van der Waals surface area contributed by atoms with Gasteiger partial charge in [-0.25, -0.2) is 4.79 Å². The first kappa shape index (κ1) is 27.3. The number of halogens is 2. The molecule has 0 aliphatic carbocycles. The first-order valence-electron chi connectivity index (χ1n) is 10.6. The van der Waals surface area contributed by atoms with Crippen LogP contribution in [0.15, 0.2) is 42.5 Å². The summed E-state index contributed by atoms with van der Waals surface area (Å²) in [7, 11) is 1.56. The number of rotatable bonds is 9. The number of hydrogen-bond donors (Lipinski definition) is 2. The van der Waals surface area contributed by atoms with Crippen molar-refractivity contribution in [3.05, 3.63) is 58.1 Å². The van der Waals surface area contributed by atoms with Gasteiger partial charge >= 0.3 is 12.1 Å². The van der Waals surface area contributed by atoms with E-state index in [2.05, 4.69) is 10.6 Å². The van der Waals surface area contributed by atoms with Crippen molar-refractivity contribution < 1.29 is 23.9 Å². The molecule has 0 heterocycles. The molecule has 0 saturated carbocycles. The van der Waals surface area contributed by atoms with Gasteiger partial charge in [-0.3, -0.25) is 9.59 Å². The molecule has 184 valence electrons. The van der Waals surface area contributed by atoms with Crippen LogP contribution in [0.25, 0.3) is 0 Å². The van der Waals surface area contributed by atoms with E-state index in [1.807, 2.05) is 18.2 Å². The third kappa shape index (κ3) is 9.11. The summed E-state index contributed by atoms with van der Waals surface area (Å²) in [6.45, 7) is 5.16. The topological polar surface area (TPSA) is 97.0 Å². The molecule has 10 heteroatoms. The van der Waals surface area contributed by atoms with Gasteiger partial charge in [0.05, 0.1) is 28.7 Å². The SMILES string of the molecule is CN(CCOC(=O)Cc1ccccc1Nc1c(Cl)cccc1Cl)C(=O)CNC(=O)OC(C)(C)C. The number of alkyl carbamates (subject to hydrolysis) is 1. The summed E-state index contributed by atoms with van der Waals surface area (Å²) in [5.74, 6) is -0.791. The largest absolute Gasteiger partial charge is 0.464 e. The highest BCUT2D eigenvalue weighted by Gasteiger charge is 2.18. The quantitative estimate of drug-likeness (QED) is 0.471. The van der Waals surface area contributed by atoms with Gasteiger partial charge in [-0.1, -0.05) is 47.5 Å². The molecule has 2 aromatic rings. The molecule has 0 aliphatic heterocycles. The standard InChI is InChI=1S/C24H29Cl2N3O5/c1-24(2,3)34-23(32)27-15-20(30)29(4)12-13-33-21(31)14-16-8-5-6-11-19(16)28-22-17(25)9-7-10-18(22)26/h5-11,28H,12-15H2,1-4H3,(H,27,32). The van der Waals surface area contributed by atoms with E-state index in [9.17, 15) is 14.4 Å². The number of carbonyl (C=O) groups excluding carboxylic acids is 3. The zero-order valence-corrected chi connectivity index (χ0v) is 21.1. The van der Waals surface area contributed by atoms with E-state index < -0.39 is 17.7 Å². The Morgan fingerprint density at radius 3 is 2.29 bits per heavy atom. The predicted molar refractivity (Wildman–Crippen MR) is 133 cm³/mol. The minimum atomic E-state index is -0.675. The normalized spacial score (nSPS) is 10.9. The molecule has 0 aromatic heterocycles. The number of ether oxygens (including phenoxy) is 2. The maximum Gasteiger partial charge on any atom is 0.408 e. The second kappa shape index (κ2) is 12.5. The summed E-state index contributed by atoms with van der Waals surface area (Å²) in [6, 6.07) is 12.4. The van der Waals surface area contributed by atoms with Crippen LogP contribution in [-0.4, -0.2) is 55.2 Å². The average Bonchev–Trinajstić information content (AvgIpc) is 2.74. The van der Waals surface area contributed by atoms with Crippen molar-refractivity contribution in [2.24, 2.45) is 0 Å². The Kier molecular flexibility index (Phi) is 10.0. The smallest absolute Gasteiger partial charge is 0.408 e. The van der Waals surface area contributed by atoms with Crippen LogP contribution >= 0.6 is 23.2 Å². The van der Waals surface area contributed by atoms with Gasteiger partial charge in [0.2, 0.25) is 5.91 Å². The van der Waals surface area contributed by atoms with Crippen molar-refractivity contribution in [2.45, 2.75) is 32.8 Å². The summed E-state index contributed by atoms with van der Waals surface area (Å²) in [5.41, 5.74) is 1.28. The molecular weight excluding hydrogens is 481 g/mol. The molecule has 34 heavy (non-hydrogen) atoms. The first-order valence-corrected chi connectivity index (χ1v) is 11.4. The summed E-state index contributed by atoms with van der Waals surface area (Å²) >= 11 is 12.5. The first-order chi connectivity index (χ1) is 16.0. The van der Waals surface area contributed by atoms with E-state index in [4.69, 9.17) is 32.7 Å². The molecule has 0 atom stereocenters. The molecule has 8 nitrogen and oxygen atoms in total. The van der Waals surface area contributed by atoms with E-state index in [0.29, 0.717) is 27.0 Å². The molecule has 0 unspecified atom stereocenters. The van der Waals surface area contributed by atoms with Crippen molar-refractivity contribution in [3.8, 4) is 0 Å². The highest BCUT2D eigenvalue weighted by molar-refractivity contribution is 6.39.